The zero-order chi connectivity index (χ0) is 14.4. The lowest BCUT2D eigenvalue weighted by Gasteiger charge is -2.26. The Labute approximate surface area is 120 Å². The van der Waals surface area contributed by atoms with Crippen molar-refractivity contribution in [3.05, 3.63) is 24.3 Å². The Bertz CT molecular complexity index is 439. The molecule has 4 heteroatoms. The first-order chi connectivity index (χ1) is 9.69. The molecule has 1 aromatic rings. The predicted octanol–water partition coefficient (Wildman–Crippen LogP) is 2.77. The summed E-state index contributed by atoms with van der Waals surface area (Å²) in [6.07, 6.45) is 4.53. The lowest BCUT2D eigenvalue weighted by Crippen LogP contribution is -2.39. The van der Waals surface area contributed by atoms with Gasteiger partial charge in [-0.05, 0) is 43.7 Å². The monoisotopic (exact) mass is 277 g/mol. The van der Waals surface area contributed by atoms with Crippen molar-refractivity contribution >= 4 is 5.91 Å². The van der Waals surface area contributed by atoms with Gasteiger partial charge in [0.2, 0.25) is 0 Å². The third-order valence-corrected chi connectivity index (χ3v) is 3.81. The lowest BCUT2D eigenvalue weighted by molar-refractivity contribution is -0.124. The van der Waals surface area contributed by atoms with Gasteiger partial charge >= 0.3 is 0 Å². The van der Waals surface area contributed by atoms with E-state index in [-0.39, 0.29) is 12.5 Å². The summed E-state index contributed by atoms with van der Waals surface area (Å²) < 4.78 is 10.7. The molecule has 20 heavy (non-hydrogen) atoms. The molecule has 1 aliphatic carbocycles. The molecule has 110 valence electrons. The third-order valence-electron chi connectivity index (χ3n) is 3.81. The summed E-state index contributed by atoms with van der Waals surface area (Å²) in [5.41, 5.74) is 0. The summed E-state index contributed by atoms with van der Waals surface area (Å²) >= 11 is 0. The number of hydrogen-bond acceptors (Lipinski definition) is 3. The predicted molar refractivity (Wildman–Crippen MR) is 78.1 cm³/mol. The Kier molecular flexibility index (Phi) is 5.27. The van der Waals surface area contributed by atoms with Crippen molar-refractivity contribution in [3.63, 3.8) is 0 Å². The van der Waals surface area contributed by atoms with E-state index in [2.05, 4.69) is 12.2 Å². The van der Waals surface area contributed by atoms with Crippen molar-refractivity contribution < 1.29 is 14.3 Å². The molecule has 0 atom stereocenters. The highest BCUT2D eigenvalue weighted by Crippen LogP contribution is 2.26. The molecule has 1 N–H and O–H groups in total. The number of para-hydroxylation sites is 2. The number of ether oxygens (including phenoxy) is 2. The second-order valence-corrected chi connectivity index (χ2v) is 5.46. The summed E-state index contributed by atoms with van der Waals surface area (Å²) in [7, 11) is 1.59. The highest BCUT2D eigenvalue weighted by molar-refractivity contribution is 5.77. The highest BCUT2D eigenvalue weighted by atomic mass is 16.5. The molecule has 2 rings (SSSR count). The maximum absolute atomic E-state index is 11.9. The molecule has 0 aromatic heterocycles. The molecule has 0 aliphatic heterocycles. The molecule has 0 radical (unpaired) electrons. The van der Waals surface area contributed by atoms with Gasteiger partial charge in [0.1, 0.15) is 0 Å². The highest BCUT2D eigenvalue weighted by Gasteiger charge is 2.19. The van der Waals surface area contributed by atoms with Crippen LogP contribution in [0.5, 0.6) is 11.5 Å². The van der Waals surface area contributed by atoms with Crippen LogP contribution in [0.15, 0.2) is 24.3 Å². The standard InChI is InChI=1S/C16H23NO3/c1-12-7-9-13(10-8-12)17-16(18)11-20-15-6-4-3-5-14(15)19-2/h3-6,12-13H,7-11H2,1-2H3,(H,17,18). The number of hydrogen-bond donors (Lipinski definition) is 1. The molecular formula is C16H23NO3. The first kappa shape index (κ1) is 14.7. The van der Waals surface area contributed by atoms with E-state index in [0.717, 1.165) is 18.8 Å². The van der Waals surface area contributed by atoms with Gasteiger partial charge in [-0.2, -0.15) is 0 Å². The summed E-state index contributed by atoms with van der Waals surface area (Å²) in [6, 6.07) is 7.65. The van der Waals surface area contributed by atoms with Gasteiger partial charge in [-0.15, -0.1) is 0 Å². The fourth-order valence-electron chi connectivity index (χ4n) is 2.56. The number of methoxy groups -OCH3 is 1. The number of benzene rings is 1. The molecule has 1 amide bonds. The van der Waals surface area contributed by atoms with Crippen molar-refractivity contribution in [1.82, 2.24) is 5.32 Å². The van der Waals surface area contributed by atoms with E-state index in [9.17, 15) is 4.79 Å². The first-order valence-corrected chi connectivity index (χ1v) is 7.24. The van der Waals surface area contributed by atoms with Crippen LogP contribution >= 0.6 is 0 Å². The fourth-order valence-corrected chi connectivity index (χ4v) is 2.56. The molecule has 0 bridgehead atoms. The van der Waals surface area contributed by atoms with E-state index < -0.39 is 0 Å². The van der Waals surface area contributed by atoms with Gasteiger partial charge < -0.3 is 14.8 Å². The van der Waals surface area contributed by atoms with Gasteiger partial charge in [-0.3, -0.25) is 4.79 Å². The van der Waals surface area contributed by atoms with Crippen molar-refractivity contribution in [2.45, 2.75) is 38.6 Å². The minimum Gasteiger partial charge on any atom is -0.493 e. The summed E-state index contributed by atoms with van der Waals surface area (Å²) in [5.74, 6) is 1.97. The largest absolute Gasteiger partial charge is 0.493 e. The van der Waals surface area contributed by atoms with Gasteiger partial charge in [0, 0.05) is 6.04 Å². The molecule has 1 aromatic carbocycles. The van der Waals surface area contributed by atoms with Crippen LogP contribution in [-0.2, 0) is 4.79 Å². The molecular weight excluding hydrogens is 254 g/mol. The maximum atomic E-state index is 11.9. The van der Waals surface area contributed by atoms with Crippen LogP contribution in [0.4, 0.5) is 0 Å². The number of nitrogens with one attached hydrogen (secondary N) is 1. The Morgan fingerprint density at radius 1 is 1.20 bits per heavy atom. The van der Waals surface area contributed by atoms with E-state index >= 15 is 0 Å². The molecule has 1 fully saturated rings. The molecule has 4 nitrogen and oxygen atoms in total. The number of carbonyl (C=O) groups excluding carboxylic acids is 1. The van der Waals surface area contributed by atoms with Crippen LogP contribution < -0.4 is 14.8 Å². The molecule has 1 saturated carbocycles. The minimum atomic E-state index is -0.0598. The zero-order valence-electron chi connectivity index (χ0n) is 12.2. The number of amides is 1. The average molecular weight is 277 g/mol. The SMILES string of the molecule is COc1ccccc1OCC(=O)NC1CCC(C)CC1. The van der Waals surface area contributed by atoms with Gasteiger partial charge in [0.25, 0.3) is 5.91 Å². The van der Waals surface area contributed by atoms with Gasteiger partial charge in [-0.1, -0.05) is 19.1 Å². The van der Waals surface area contributed by atoms with Crippen LogP contribution in [0.3, 0.4) is 0 Å². The van der Waals surface area contributed by atoms with Crippen LogP contribution in [0.1, 0.15) is 32.6 Å². The van der Waals surface area contributed by atoms with Crippen LogP contribution in [0.25, 0.3) is 0 Å². The van der Waals surface area contributed by atoms with Crippen LogP contribution in [0, 0.1) is 5.92 Å². The van der Waals surface area contributed by atoms with E-state index in [1.807, 2.05) is 18.2 Å². The lowest BCUT2D eigenvalue weighted by atomic mass is 9.87. The average Bonchev–Trinajstić information content (AvgIpc) is 2.48. The number of carbonyl (C=O) groups is 1. The van der Waals surface area contributed by atoms with Crippen molar-refractivity contribution in [1.29, 1.82) is 0 Å². The minimum absolute atomic E-state index is 0.0342. The summed E-state index contributed by atoms with van der Waals surface area (Å²) in [4.78, 5) is 11.9. The smallest absolute Gasteiger partial charge is 0.258 e. The van der Waals surface area contributed by atoms with Crippen LogP contribution in [-0.4, -0.2) is 25.7 Å². The second kappa shape index (κ2) is 7.17. The Balaban J connectivity index is 1.77. The van der Waals surface area contributed by atoms with Crippen LogP contribution in [0.2, 0.25) is 0 Å². The third kappa shape index (κ3) is 4.15. The van der Waals surface area contributed by atoms with E-state index in [1.165, 1.54) is 12.8 Å². The topological polar surface area (TPSA) is 47.6 Å². The van der Waals surface area contributed by atoms with Crippen molar-refractivity contribution in [2.75, 3.05) is 13.7 Å². The normalized spacial score (nSPS) is 22.1. The fraction of sp³-hybridized carbons (Fsp3) is 0.562. The Morgan fingerprint density at radius 3 is 2.50 bits per heavy atom. The molecule has 0 saturated heterocycles. The molecule has 0 spiro atoms. The quantitative estimate of drug-likeness (QED) is 0.900. The van der Waals surface area contributed by atoms with Crippen molar-refractivity contribution in [3.8, 4) is 11.5 Å². The van der Waals surface area contributed by atoms with E-state index in [4.69, 9.17) is 9.47 Å². The summed E-state index contributed by atoms with van der Waals surface area (Å²) in [6.45, 7) is 2.30. The van der Waals surface area contributed by atoms with Crippen molar-refractivity contribution in [2.24, 2.45) is 5.92 Å². The van der Waals surface area contributed by atoms with Gasteiger partial charge in [0.15, 0.2) is 18.1 Å². The zero-order valence-corrected chi connectivity index (χ0v) is 12.2. The van der Waals surface area contributed by atoms with E-state index in [0.29, 0.717) is 17.5 Å². The molecule has 0 heterocycles. The first-order valence-electron chi connectivity index (χ1n) is 7.24. The Hall–Kier alpha value is -1.71. The van der Waals surface area contributed by atoms with E-state index in [1.54, 1.807) is 13.2 Å². The maximum Gasteiger partial charge on any atom is 0.258 e. The number of rotatable bonds is 5. The van der Waals surface area contributed by atoms with Gasteiger partial charge in [-0.25, -0.2) is 0 Å². The second-order valence-electron chi connectivity index (χ2n) is 5.46. The Morgan fingerprint density at radius 2 is 1.85 bits per heavy atom. The molecule has 0 unspecified atom stereocenters. The molecule has 1 aliphatic rings. The van der Waals surface area contributed by atoms with Gasteiger partial charge in [0.05, 0.1) is 7.11 Å². The summed E-state index contributed by atoms with van der Waals surface area (Å²) in [5, 5.41) is 3.04.